The third-order valence-corrected chi connectivity index (χ3v) is 3.39. The molecule has 3 N–H and O–H groups in total. The van der Waals surface area contributed by atoms with Gasteiger partial charge in [-0.25, -0.2) is 0 Å². The van der Waals surface area contributed by atoms with E-state index in [1.807, 2.05) is 0 Å². The van der Waals surface area contributed by atoms with E-state index in [9.17, 15) is 39.6 Å². The second kappa shape index (κ2) is 32.7. The third kappa shape index (κ3) is 35.8. The number of aliphatic hydroxyl groups is 3. The number of carboxylic acid groups (broad SMARTS) is 4. The molecule has 18 heteroatoms. The van der Waals surface area contributed by atoms with Gasteiger partial charge in [0.25, 0.3) is 0 Å². The van der Waals surface area contributed by atoms with Crippen LogP contribution in [0, 0.1) is 0 Å². The van der Waals surface area contributed by atoms with Gasteiger partial charge in [0.1, 0.15) is 0 Å². The van der Waals surface area contributed by atoms with Gasteiger partial charge in [0, 0.05) is 58.9 Å². The van der Waals surface area contributed by atoms with Gasteiger partial charge in [-0.1, -0.05) is 0 Å². The Morgan fingerprint density at radius 3 is 0.794 bits per heavy atom. The predicted octanol–water partition coefficient (Wildman–Crippen LogP) is -21.1. The summed E-state index contributed by atoms with van der Waals surface area (Å²) in [5, 5.41) is 67.1. The Morgan fingerprint density at radius 1 is 0.441 bits per heavy atom. The maximum absolute atomic E-state index is 10.4. The van der Waals surface area contributed by atoms with Crippen LogP contribution in [-0.2, 0) is 19.2 Å². The van der Waals surface area contributed by atoms with Crippen molar-refractivity contribution in [2.24, 2.45) is 0 Å². The smallest absolute Gasteiger partial charge is 0.549 e. The SMILES string of the molecule is O=C([O-])CN(CCN(CC(=O)[O-])CC(=O)[O-])CC(=O)[O-].OCCN(CCO)CCO.[Na+].[Na+].[Na+].[Na+]. The van der Waals surface area contributed by atoms with E-state index in [1.165, 1.54) is 0 Å². The fourth-order valence-corrected chi connectivity index (χ4v) is 2.20. The van der Waals surface area contributed by atoms with Crippen LogP contribution in [0.25, 0.3) is 0 Å². The molecule has 0 heterocycles. The van der Waals surface area contributed by atoms with Crippen molar-refractivity contribution in [1.82, 2.24) is 14.7 Å². The minimum atomic E-state index is -1.53. The van der Waals surface area contributed by atoms with Crippen LogP contribution in [0.3, 0.4) is 0 Å². The standard InChI is InChI=1S/C10H16N2O8.C6H15NO3.4Na/c13-7(14)3-11(4-8(15)16)1-2-12(5-9(17)18)6-10(19)20;8-4-1-7(2-5-9)3-6-10;;;;/h1-6H2,(H,13,14)(H,15,16)(H,17,18)(H,19,20);8-10H,1-6H2;;;;/q;;4*+1/p-4. The van der Waals surface area contributed by atoms with Crippen molar-refractivity contribution in [2.45, 2.75) is 0 Å². The van der Waals surface area contributed by atoms with Crippen LogP contribution in [0.2, 0.25) is 0 Å². The Kier molecular flexibility index (Phi) is 46.8. The molecule has 0 amide bonds. The average molecular weight is 529 g/mol. The summed E-state index contributed by atoms with van der Waals surface area (Å²) in [5.74, 6) is -6.12. The summed E-state index contributed by atoms with van der Waals surface area (Å²) in [5.41, 5.74) is 0. The molecule has 0 aliphatic carbocycles. The topological polar surface area (TPSA) is 231 Å². The average Bonchev–Trinajstić information content (AvgIpc) is 2.59. The van der Waals surface area contributed by atoms with E-state index in [4.69, 9.17) is 15.3 Å². The number of hydrogen-bond donors (Lipinski definition) is 3. The molecule has 0 aliphatic rings. The fraction of sp³-hybridized carbons (Fsp3) is 0.750. The zero-order chi connectivity index (χ0) is 23.5. The zero-order valence-corrected chi connectivity index (χ0v) is 28.4. The molecule has 0 aromatic rings. The van der Waals surface area contributed by atoms with Gasteiger partial charge in [0.05, 0.1) is 43.7 Å². The van der Waals surface area contributed by atoms with Crippen LogP contribution in [0.5, 0.6) is 0 Å². The largest absolute Gasteiger partial charge is 1.00 e. The molecule has 0 fully saturated rings. The summed E-state index contributed by atoms with van der Waals surface area (Å²) in [7, 11) is 0. The molecule has 0 bridgehead atoms. The number of aliphatic hydroxyl groups excluding tert-OH is 3. The first kappa shape index (κ1) is 48.7. The molecule has 0 aliphatic heterocycles. The van der Waals surface area contributed by atoms with Gasteiger partial charge >= 0.3 is 118 Å². The normalized spacial score (nSPS) is 9.47. The monoisotopic (exact) mass is 529 g/mol. The van der Waals surface area contributed by atoms with Crippen molar-refractivity contribution in [3.05, 3.63) is 0 Å². The van der Waals surface area contributed by atoms with Gasteiger partial charge in [-0.15, -0.1) is 0 Å². The summed E-state index contributed by atoms with van der Waals surface area (Å²) in [6, 6.07) is 0. The maximum atomic E-state index is 10.4. The van der Waals surface area contributed by atoms with E-state index in [2.05, 4.69) is 0 Å². The molecule has 0 unspecified atom stereocenters. The van der Waals surface area contributed by atoms with Crippen molar-refractivity contribution in [1.29, 1.82) is 0 Å². The molecule has 0 aromatic carbocycles. The molecule has 14 nitrogen and oxygen atoms in total. The third-order valence-electron chi connectivity index (χ3n) is 3.39. The van der Waals surface area contributed by atoms with E-state index >= 15 is 0 Å². The summed E-state index contributed by atoms with van der Waals surface area (Å²) in [6.45, 7) is -1.50. The number of carboxylic acids is 4. The van der Waals surface area contributed by atoms with Gasteiger partial charge in [0.2, 0.25) is 0 Å². The van der Waals surface area contributed by atoms with Crippen LogP contribution in [-0.4, -0.2) is 133 Å². The molecular weight excluding hydrogens is 502 g/mol. The maximum Gasteiger partial charge on any atom is 1.00 e. The van der Waals surface area contributed by atoms with E-state index in [0.29, 0.717) is 19.6 Å². The first-order chi connectivity index (χ1) is 14.0. The van der Waals surface area contributed by atoms with E-state index in [-0.39, 0.29) is 151 Å². The molecule has 0 saturated carbocycles. The molecule has 0 rings (SSSR count). The Bertz CT molecular complexity index is 454. The second-order valence-corrected chi connectivity index (χ2v) is 5.92. The Labute approximate surface area is 286 Å². The number of rotatable bonds is 17. The molecule has 0 aromatic heterocycles. The quantitative estimate of drug-likeness (QED) is 0.149. The van der Waals surface area contributed by atoms with Gasteiger partial charge in [-0.3, -0.25) is 14.7 Å². The second-order valence-electron chi connectivity index (χ2n) is 5.92. The summed E-state index contributed by atoms with van der Waals surface area (Å²) in [6.07, 6.45) is 0. The van der Waals surface area contributed by atoms with Crippen LogP contribution >= 0.6 is 0 Å². The number of carbonyl (C=O) groups is 4. The molecule has 0 saturated heterocycles. The zero-order valence-electron chi connectivity index (χ0n) is 20.4. The van der Waals surface area contributed by atoms with Crippen molar-refractivity contribution in [3.8, 4) is 0 Å². The van der Waals surface area contributed by atoms with Crippen LogP contribution in [0.4, 0.5) is 0 Å². The van der Waals surface area contributed by atoms with Crippen LogP contribution in [0.1, 0.15) is 0 Å². The van der Waals surface area contributed by atoms with Crippen molar-refractivity contribution in [3.63, 3.8) is 0 Å². The molecule has 34 heavy (non-hydrogen) atoms. The number of nitrogens with zero attached hydrogens (tertiary/aromatic N) is 3. The predicted molar refractivity (Wildman–Crippen MR) is 90.6 cm³/mol. The minimum Gasteiger partial charge on any atom is -0.549 e. The van der Waals surface area contributed by atoms with Gasteiger partial charge in [-0.05, 0) is 0 Å². The van der Waals surface area contributed by atoms with Crippen molar-refractivity contribution >= 4 is 23.9 Å². The van der Waals surface area contributed by atoms with E-state index < -0.39 is 50.1 Å². The van der Waals surface area contributed by atoms with Gasteiger partial charge in [0.15, 0.2) is 0 Å². The molecule has 0 atom stereocenters. The number of hydrogen-bond acceptors (Lipinski definition) is 14. The molecular formula is C16H27N3Na4O11. The Hall–Kier alpha value is 1.64. The van der Waals surface area contributed by atoms with E-state index in [0.717, 1.165) is 9.80 Å². The van der Waals surface area contributed by atoms with Crippen LogP contribution < -0.4 is 139 Å². The Morgan fingerprint density at radius 2 is 0.647 bits per heavy atom. The molecule has 0 radical (unpaired) electrons. The minimum absolute atomic E-state index is 0. The summed E-state index contributed by atoms with van der Waals surface area (Å²) in [4.78, 5) is 45.2. The molecule has 176 valence electrons. The number of carbonyl (C=O) groups excluding carboxylic acids is 4. The van der Waals surface area contributed by atoms with Crippen molar-refractivity contribution in [2.75, 3.05) is 78.7 Å². The van der Waals surface area contributed by atoms with Gasteiger partial charge < -0.3 is 54.9 Å². The Balaban J connectivity index is -0.000000121. The summed E-state index contributed by atoms with van der Waals surface area (Å²) >= 11 is 0. The van der Waals surface area contributed by atoms with Crippen molar-refractivity contribution < 1.29 is 173 Å². The first-order valence-corrected chi connectivity index (χ1v) is 8.84. The fourth-order valence-electron chi connectivity index (χ4n) is 2.20. The van der Waals surface area contributed by atoms with Gasteiger partial charge in [-0.2, -0.15) is 0 Å². The summed E-state index contributed by atoms with van der Waals surface area (Å²) < 4.78 is 0. The van der Waals surface area contributed by atoms with Crippen LogP contribution in [0.15, 0.2) is 0 Å². The molecule has 0 spiro atoms. The van der Waals surface area contributed by atoms with E-state index in [1.54, 1.807) is 4.90 Å². The first-order valence-electron chi connectivity index (χ1n) is 8.84. The number of aliphatic carboxylic acids is 4.